The highest BCUT2D eigenvalue weighted by molar-refractivity contribution is 6.32. The molecule has 0 radical (unpaired) electrons. The van der Waals surface area contributed by atoms with Crippen molar-refractivity contribution < 1.29 is 14.4 Å². The van der Waals surface area contributed by atoms with E-state index in [0.29, 0.717) is 28.0 Å². The number of nitrogens with zero attached hydrogens (tertiary/aromatic N) is 3. The van der Waals surface area contributed by atoms with Gasteiger partial charge in [-0.15, -0.1) is 0 Å². The molecule has 0 amide bonds. The summed E-state index contributed by atoms with van der Waals surface area (Å²) in [4.78, 5) is 24.8. The zero-order chi connectivity index (χ0) is 19.6. The first-order valence-corrected chi connectivity index (χ1v) is 9.05. The fourth-order valence-electron chi connectivity index (χ4n) is 2.45. The minimum Gasteiger partial charge on any atom is -0.469 e. The monoisotopic (exact) mass is 388 g/mol. The Labute approximate surface area is 162 Å². The van der Waals surface area contributed by atoms with Gasteiger partial charge in [-0.05, 0) is 39.2 Å². The zero-order valence-electron chi connectivity index (χ0n) is 15.4. The molecule has 8 heteroatoms. The van der Waals surface area contributed by atoms with Crippen LogP contribution in [0.2, 0.25) is 5.02 Å². The largest absolute Gasteiger partial charge is 0.469 e. The number of hydrogen-bond acceptors (Lipinski definition) is 6. The molecule has 0 saturated heterocycles. The standard InChI is InChI=1S/C19H21ClN4O3/c1-10-16(20)18(23-12(3)22-10)26-11(2)13-4-6-14(7-5-13)17(21)24-27-19(25)15-8-9-15/h4-7,11,15H,8-9H2,1-3H3,(H2,21,24)/t11-/m0/s1. The molecule has 0 bridgehead atoms. The van der Waals surface area contributed by atoms with Crippen molar-refractivity contribution in [3.8, 4) is 5.88 Å². The summed E-state index contributed by atoms with van der Waals surface area (Å²) in [5.74, 6) is 0.742. The number of carbonyl (C=O) groups excluding carboxylic acids is 1. The third-order valence-corrected chi connectivity index (χ3v) is 4.64. The fourth-order valence-corrected chi connectivity index (χ4v) is 2.58. The van der Waals surface area contributed by atoms with Crippen molar-refractivity contribution in [1.82, 2.24) is 9.97 Å². The Balaban J connectivity index is 1.67. The van der Waals surface area contributed by atoms with Crippen molar-refractivity contribution in [2.45, 2.75) is 39.7 Å². The van der Waals surface area contributed by atoms with Crippen LogP contribution >= 0.6 is 11.6 Å². The minimum absolute atomic E-state index is 0.0252. The quantitative estimate of drug-likeness (QED) is 0.352. The first-order valence-electron chi connectivity index (χ1n) is 8.67. The number of carbonyl (C=O) groups is 1. The summed E-state index contributed by atoms with van der Waals surface area (Å²) in [5.41, 5.74) is 8.11. The van der Waals surface area contributed by atoms with E-state index < -0.39 is 0 Å². The van der Waals surface area contributed by atoms with Crippen LogP contribution in [0.1, 0.15) is 48.5 Å². The number of benzene rings is 1. The Kier molecular flexibility index (Phi) is 5.60. The highest BCUT2D eigenvalue weighted by atomic mass is 35.5. The Morgan fingerprint density at radius 3 is 2.56 bits per heavy atom. The number of rotatable bonds is 6. The van der Waals surface area contributed by atoms with E-state index in [9.17, 15) is 4.79 Å². The maximum atomic E-state index is 11.5. The van der Waals surface area contributed by atoms with Gasteiger partial charge in [0.1, 0.15) is 17.0 Å². The van der Waals surface area contributed by atoms with Gasteiger partial charge in [-0.25, -0.2) is 9.78 Å². The van der Waals surface area contributed by atoms with Crippen LogP contribution < -0.4 is 10.5 Å². The fraction of sp³-hybridized carbons (Fsp3) is 0.368. The van der Waals surface area contributed by atoms with Gasteiger partial charge >= 0.3 is 5.97 Å². The van der Waals surface area contributed by atoms with Gasteiger partial charge < -0.3 is 15.3 Å². The molecule has 2 aromatic rings. The average Bonchev–Trinajstić information content (AvgIpc) is 3.48. The summed E-state index contributed by atoms with van der Waals surface area (Å²) >= 11 is 6.23. The molecular weight excluding hydrogens is 368 g/mol. The Hall–Kier alpha value is -2.67. The maximum Gasteiger partial charge on any atom is 0.338 e. The minimum atomic E-state index is -0.330. The summed E-state index contributed by atoms with van der Waals surface area (Å²) in [5, 5.41) is 4.11. The van der Waals surface area contributed by atoms with Gasteiger partial charge in [-0.2, -0.15) is 4.98 Å². The predicted octanol–water partition coefficient (Wildman–Crippen LogP) is 3.46. The lowest BCUT2D eigenvalue weighted by atomic mass is 10.1. The van der Waals surface area contributed by atoms with Gasteiger partial charge in [0.2, 0.25) is 5.88 Å². The van der Waals surface area contributed by atoms with Crippen LogP contribution in [0, 0.1) is 19.8 Å². The van der Waals surface area contributed by atoms with Crippen molar-refractivity contribution in [2.24, 2.45) is 16.8 Å². The molecule has 1 atom stereocenters. The third-order valence-electron chi connectivity index (χ3n) is 4.21. The molecule has 1 aliphatic carbocycles. The molecule has 2 N–H and O–H groups in total. The molecule has 0 spiro atoms. The first-order chi connectivity index (χ1) is 12.8. The lowest BCUT2D eigenvalue weighted by molar-refractivity contribution is -0.145. The lowest BCUT2D eigenvalue weighted by Crippen LogP contribution is -2.16. The van der Waals surface area contributed by atoms with Gasteiger partial charge in [-0.1, -0.05) is 41.0 Å². The number of aromatic nitrogens is 2. The Morgan fingerprint density at radius 2 is 1.93 bits per heavy atom. The maximum absolute atomic E-state index is 11.5. The molecule has 1 heterocycles. The van der Waals surface area contributed by atoms with E-state index in [4.69, 9.17) is 26.9 Å². The molecule has 1 aromatic carbocycles. The van der Waals surface area contributed by atoms with Crippen LogP contribution in [-0.4, -0.2) is 21.8 Å². The molecular formula is C19H21ClN4O3. The molecule has 0 aliphatic heterocycles. The summed E-state index contributed by atoms with van der Waals surface area (Å²) in [6.07, 6.45) is 1.43. The van der Waals surface area contributed by atoms with E-state index in [1.807, 2.05) is 26.0 Å². The van der Waals surface area contributed by atoms with Crippen molar-refractivity contribution in [2.75, 3.05) is 0 Å². The number of ether oxygens (including phenoxy) is 1. The number of halogens is 1. The zero-order valence-corrected chi connectivity index (χ0v) is 16.2. The van der Waals surface area contributed by atoms with E-state index in [1.165, 1.54) is 0 Å². The number of nitrogens with two attached hydrogens (primary N) is 1. The molecule has 7 nitrogen and oxygen atoms in total. The van der Waals surface area contributed by atoms with Gasteiger partial charge in [0.05, 0.1) is 11.6 Å². The topological polar surface area (TPSA) is 99.7 Å². The van der Waals surface area contributed by atoms with E-state index in [-0.39, 0.29) is 23.8 Å². The second-order valence-corrected chi connectivity index (χ2v) is 6.90. The van der Waals surface area contributed by atoms with Crippen molar-refractivity contribution >= 4 is 23.4 Å². The van der Waals surface area contributed by atoms with Crippen molar-refractivity contribution in [3.05, 3.63) is 51.9 Å². The SMILES string of the molecule is Cc1nc(C)c(Cl)c(O[C@@H](C)c2ccc(/C(N)=N/OC(=O)C3CC3)cc2)n1. The van der Waals surface area contributed by atoms with Crippen LogP contribution in [-0.2, 0) is 9.63 Å². The van der Waals surface area contributed by atoms with Crippen molar-refractivity contribution in [3.63, 3.8) is 0 Å². The predicted molar refractivity (Wildman–Crippen MR) is 102 cm³/mol. The van der Waals surface area contributed by atoms with Crippen LogP contribution in [0.15, 0.2) is 29.4 Å². The summed E-state index contributed by atoms with van der Waals surface area (Å²) in [6.45, 7) is 5.49. The smallest absolute Gasteiger partial charge is 0.338 e. The van der Waals surface area contributed by atoms with Crippen LogP contribution in [0.3, 0.4) is 0 Å². The number of aryl methyl sites for hydroxylation is 2. The van der Waals surface area contributed by atoms with Gasteiger partial charge in [0.25, 0.3) is 0 Å². The van der Waals surface area contributed by atoms with Gasteiger partial charge in [0.15, 0.2) is 5.84 Å². The molecule has 3 rings (SSSR count). The van der Waals surface area contributed by atoms with Gasteiger partial charge in [0, 0.05) is 5.56 Å². The van der Waals surface area contributed by atoms with Crippen LogP contribution in [0.25, 0.3) is 0 Å². The molecule has 1 aliphatic rings. The van der Waals surface area contributed by atoms with E-state index in [1.54, 1.807) is 19.1 Å². The molecule has 0 unspecified atom stereocenters. The van der Waals surface area contributed by atoms with Gasteiger partial charge in [-0.3, -0.25) is 0 Å². The first kappa shape index (κ1) is 19.1. The molecule has 1 fully saturated rings. The molecule has 1 saturated carbocycles. The molecule has 27 heavy (non-hydrogen) atoms. The highest BCUT2D eigenvalue weighted by Crippen LogP contribution is 2.30. The van der Waals surface area contributed by atoms with E-state index >= 15 is 0 Å². The molecule has 1 aromatic heterocycles. The van der Waals surface area contributed by atoms with Crippen LogP contribution in [0.4, 0.5) is 0 Å². The van der Waals surface area contributed by atoms with Crippen LogP contribution in [0.5, 0.6) is 5.88 Å². The normalized spacial score (nSPS) is 15.3. The summed E-state index contributed by atoms with van der Waals surface area (Å²) < 4.78 is 5.89. The third kappa shape index (κ3) is 4.74. The average molecular weight is 389 g/mol. The number of amidine groups is 1. The van der Waals surface area contributed by atoms with Crippen molar-refractivity contribution in [1.29, 1.82) is 0 Å². The lowest BCUT2D eigenvalue weighted by Gasteiger charge is -2.16. The molecule has 142 valence electrons. The summed E-state index contributed by atoms with van der Waals surface area (Å²) in [7, 11) is 0. The number of oxime groups is 1. The van der Waals surface area contributed by atoms with E-state index in [0.717, 1.165) is 18.4 Å². The van der Waals surface area contributed by atoms with E-state index in [2.05, 4.69) is 15.1 Å². The second kappa shape index (κ2) is 7.92. The highest BCUT2D eigenvalue weighted by Gasteiger charge is 2.31. The Bertz CT molecular complexity index is 879. The summed E-state index contributed by atoms with van der Waals surface area (Å²) in [6, 6.07) is 7.30. The number of hydrogen-bond donors (Lipinski definition) is 1. The Morgan fingerprint density at radius 1 is 1.26 bits per heavy atom. The second-order valence-electron chi connectivity index (χ2n) is 6.52.